The van der Waals surface area contributed by atoms with Gasteiger partial charge >= 0.3 is 5.97 Å². The Bertz CT molecular complexity index is 924. The van der Waals surface area contributed by atoms with Gasteiger partial charge in [0.15, 0.2) is 0 Å². The van der Waals surface area contributed by atoms with E-state index >= 15 is 0 Å². The molecule has 3 rings (SSSR count). The maximum Gasteiger partial charge on any atom is 0.309 e. The molecular formula is C19H22N2O5S2. The molecule has 1 N–H and O–H groups in total. The summed E-state index contributed by atoms with van der Waals surface area (Å²) in [6.45, 7) is 0.490. The number of hydrogen-bond acceptors (Lipinski definition) is 6. The molecule has 28 heavy (non-hydrogen) atoms. The average Bonchev–Trinajstić information content (AvgIpc) is 3.20. The number of nitrogens with zero attached hydrogens (tertiary/aromatic N) is 1. The van der Waals surface area contributed by atoms with E-state index in [0.29, 0.717) is 25.1 Å². The molecule has 2 heterocycles. The second kappa shape index (κ2) is 8.85. The zero-order chi connectivity index (χ0) is 20.1. The number of nitrogens with one attached hydrogen (secondary N) is 1. The summed E-state index contributed by atoms with van der Waals surface area (Å²) in [4.78, 5) is 24.9. The van der Waals surface area contributed by atoms with Crippen LogP contribution in [-0.2, 0) is 30.8 Å². The first kappa shape index (κ1) is 20.5. The van der Waals surface area contributed by atoms with Crippen LogP contribution >= 0.6 is 11.3 Å². The third-order valence-corrected chi connectivity index (χ3v) is 7.37. The highest BCUT2D eigenvalue weighted by Gasteiger charge is 2.33. The highest BCUT2D eigenvalue weighted by molar-refractivity contribution is 7.89. The van der Waals surface area contributed by atoms with Gasteiger partial charge in [0.25, 0.3) is 0 Å². The van der Waals surface area contributed by atoms with E-state index < -0.39 is 15.9 Å². The largest absolute Gasteiger partial charge is 0.469 e. The van der Waals surface area contributed by atoms with E-state index in [1.54, 1.807) is 12.1 Å². The van der Waals surface area contributed by atoms with E-state index in [4.69, 9.17) is 4.74 Å². The van der Waals surface area contributed by atoms with Gasteiger partial charge in [0, 0.05) is 23.7 Å². The third kappa shape index (κ3) is 4.78. The number of carbonyl (C=O) groups is 2. The molecule has 1 saturated heterocycles. The fourth-order valence-electron chi connectivity index (χ4n) is 3.16. The summed E-state index contributed by atoms with van der Waals surface area (Å²) in [5, 5.41) is 4.68. The van der Waals surface area contributed by atoms with Crippen molar-refractivity contribution in [2.75, 3.05) is 25.5 Å². The Morgan fingerprint density at radius 3 is 2.64 bits per heavy atom. The summed E-state index contributed by atoms with van der Waals surface area (Å²) in [5.41, 5.74) is 0.534. The number of amides is 1. The van der Waals surface area contributed by atoms with Gasteiger partial charge in [-0.3, -0.25) is 9.59 Å². The number of methoxy groups -OCH3 is 1. The van der Waals surface area contributed by atoms with Crippen molar-refractivity contribution in [3.8, 4) is 0 Å². The van der Waals surface area contributed by atoms with Gasteiger partial charge < -0.3 is 10.1 Å². The van der Waals surface area contributed by atoms with E-state index in [1.165, 1.54) is 34.9 Å². The van der Waals surface area contributed by atoms with Crippen molar-refractivity contribution < 1.29 is 22.7 Å². The molecule has 1 fully saturated rings. The Hall–Kier alpha value is -2.23. The second-order valence-corrected chi connectivity index (χ2v) is 9.52. The van der Waals surface area contributed by atoms with Crippen molar-refractivity contribution >= 4 is 38.9 Å². The summed E-state index contributed by atoms with van der Waals surface area (Å²) < 4.78 is 31.8. The average molecular weight is 423 g/mol. The van der Waals surface area contributed by atoms with E-state index in [0.717, 1.165) is 4.88 Å². The fourth-order valence-corrected chi connectivity index (χ4v) is 5.38. The molecular weight excluding hydrogens is 400 g/mol. The quantitative estimate of drug-likeness (QED) is 0.722. The summed E-state index contributed by atoms with van der Waals surface area (Å²) in [6, 6.07) is 9.86. The summed E-state index contributed by atoms with van der Waals surface area (Å²) in [5.74, 6) is -0.983. The lowest BCUT2D eigenvalue weighted by atomic mass is 10.0. The molecule has 2 aromatic rings. The van der Waals surface area contributed by atoms with Crippen molar-refractivity contribution in [3.63, 3.8) is 0 Å². The summed E-state index contributed by atoms with van der Waals surface area (Å²) in [6.07, 6.45) is 1.50. The first-order chi connectivity index (χ1) is 13.4. The highest BCUT2D eigenvalue weighted by Crippen LogP contribution is 2.25. The van der Waals surface area contributed by atoms with Gasteiger partial charge in [-0.15, -0.1) is 11.3 Å². The Balaban J connectivity index is 1.66. The number of rotatable bonds is 6. The minimum absolute atomic E-state index is 0.119. The Labute approximate surface area is 168 Å². The van der Waals surface area contributed by atoms with Gasteiger partial charge in [0.2, 0.25) is 15.9 Å². The number of sulfonamides is 1. The van der Waals surface area contributed by atoms with Crippen LogP contribution in [-0.4, -0.2) is 44.8 Å². The molecule has 1 aliphatic heterocycles. The van der Waals surface area contributed by atoms with Gasteiger partial charge in [0.05, 0.1) is 24.3 Å². The lowest BCUT2D eigenvalue weighted by Crippen LogP contribution is -2.42. The summed E-state index contributed by atoms with van der Waals surface area (Å²) >= 11 is 1.51. The molecule has 9 heteroatoms. The van der Waals surface area contributed by atoms with Gasteiger partial charge in [-0.1, -0.05) is 6.07 Å². The van der Waals surface area contributed by atoms with Crippen LogP contribution in [0.15, 0.2) is 46.7 Å². The number of hydrogen-bond donors (Lipinski definition) is 1. The van der Waals surface area contributed by atoms with Crippen LogP contribution in [0.25, 0.3) is 0 Å². The van der Waals surface area contributed by atoms with E-state index in [9.17, 15) is 18.0 Å². The molecule has 0 spiro atoms. The van der Waals surface area contributed by atoms with Crippen LogP contribution in [0, 0.1) is 5.92 Å². The van der Waals surface area contributed by atoms with Crippen molar-refractivity contribution in [3.05, 3.63) is 46.7 Å². The van der Waals surface area contributed by atoms with Crippen LogP contribution < -0.4 is 5.32 Å². The van der Waals surface area contributed by atoms with Crippen molar-refractivity contribution in [2.45, 2.75) is 24.2 Å². The minimum atomic E-state index is -3.71. The molecule has 150 valence electrons. The summed E-state index contributed by atoms with van der Waals surface area (Å²) in [7, 11) is -2.40. The third-order valence-electron chi connectivity index (χ3n) is 4.61. The van der Waals surface area contributed by atoms with E-state index in [2.05, 4.69) is 5.32 Å². The molecule has 0 radical (unpaired) electrons. The minimum Gasteiger partial charge on any atom is -0.469 e. The molecule has 0 unspecified atom stereocenters. The number of anilines is 1. The molecule has 1 amide bonds. The van der Waals surface area contributed by atoms with E-state index in [-0.39, 0.29) is 29.7 Å². The van der Waals surface area contributed by atoms with E-state index in [1.807, 2.05) is 17.5 Å². The van der Waals surface area contributed by atoms with Gasteiger partial charge in [0.1, 0.15) is 0 Å². The Morgan fingerprint density at radius 1 is 1.25 bits per heavy atom. The van der Waals surface area contributed by atoms with Gasteiger partial charge in [-0.25, -0.2) is 8.42 Å². The van der Waals surface area contributed by atoms with Crippen LogP contribution in [0.2, 0.25) is 0 Å². The number of carbonyl (C=O) groups excluding carboxylic acids is 2. The molecule has 7 nitrogen and oxygen atoms in total. The van der Waals surface area contributed by atoms with Crippen LogP contribution in [0.1, 0.15) is 17.7 Å². The first-order valence-electron chi connectivity index (χ1n) is 8.90. The number of benzene rings is 1. The number of piperidine rings is 1. The normalized spacial score (nSPS) is 17.8. The van der Waals surface area contributed by atoms with Crippen LogP contribution in [0.4, 0.5) is 5.69 Å². The topological polar surface area (TPSA) is 92.8 Å². The van der Waals surface area contributed by atoms with Crippen molar-refractivity contribution in [1.82, 2.24) is 4.31 Å². The smallest absolute Gasteiger partial charge is 0.309 e. The molecule has 1 aromatic heterocycles. The van der Waals surface area contributed by atoms with Crippen molar-refractivity contribution in [1.29, 1.82) is 0 Å². The maximum absolute atomic E-state index is 12.9. The van der Waals surface area contributed by atoms with Crippen LogP contribution in [0.3, 0.4) is 0 Å². The van der Waals surface area contributed by atoms with Gasteiger partial charge in [-0.2, -0.15) is 4.31 Å². The zero-order valence-electron chi connectivity index (χ0n) is 15.5. The number of ether oxygens (including phenoxy) is 1. The zero-order valence-corrected chi connectivity index (χ0v) is 17.1. The first-order valence-corrected chi connectivity index (χ1v) is 11.2. The standard InChI is InChI=1S/C19H22N2O5S2/c1-26-19(23)14-4-2-10-21(13-14)28(24,25)17-8-6-15(7-9-17)20-18(22)12-16-5-3-11-27-16/h3,5-9,11,14H,2,4,10,12-13H2,1H3,(H,20,22)/t14-/m0/s1. The van der Waals surface area contributed by atoms with Crippen molar-refractivity contribution in [2.24, 2.45) is 5.92 Å². The Morgan fingerprint density at radius 2 is 2.00 bits per heavy atom. The van der Waals surface area contributed by atoms with Crippen LogP contribution in [0.5, 0.6) is 0 Å². The number of thiophene rings is 1. The molecule has 0 bridgehead atoms. The van der Waals surface area contributed by atoms with Gasteiger partial charge in [-0.05, 0) is 48.6 Å². The molecule has 1 aliphatic rings. The Kier molecular flexibility index (Phi) is 6.48. The molecule has 0 saturated carbocycles. The lowest BCUT2D eigenvalue weighted by molar-refractivity contribution is -0.146. The SMILES string of the molecule is COC(=O)[C@H]1CCCN(S(=O)(=O)c2ccc(NC(=O)Cc3cccs3)cc2)C1. The molecule has 0 aliphatic carbocycles. The molecule has 1 aromatic carbocycles. The second-order valence-electron chi connectivity index (χ2n) is 6.55. The highest BCUT2D eigenvalue weighted by atomic mass is 32.2. The lowest BCUT2D eigenvalue weighted by Gasteiger charge is -2.30. The maximum atomic E-state index is 12.9. The molecule has 1 atom stereocenters. The predicted molar refractivity (Wildman–Crippen MR) is 107 cm³/mol. The predicted octanol–water partition coefficient (Wildman–Crippen LogP) is 2.50. The fraction of sp³-hybridized carbons (Fsp3) is 0.368. The number of esters is 1. The monoisotopic (exact) mass is 422 g/mol.